The topological polar surface area (TPSA) is 17.1 Å². The predicted octanol–water partition coefficient (Wildman–Crippen LogP) is -1.63. The van der Waals surface area contributed by atoms with Crippen LogP contribution in [0.15, 0.2) is 0 Å². The molecule has 17 heavy (non-hydrogen) atoms. The van der Waals surface area contributed by atoms with Crippen LogP contribution in [0.3, 0.4) is 0 Å². The van der Waals surface area contributed by atoms with Gasteiger partial charge in [0.25, 0.3) is 0 Å². The molecule has 0 aliphatic carbocycles. The van der Waals surface area contributed by atoms with E-state index in [1.165, 1.54) is 32.1 Å². The molecule has 0 bridgehead atoms. The normalized spacial score (nSPS) is 7.53. The van der Waals surface area contributed by atoms with Crippen molar-refractivity contribution < 1.29 is 29.6 Å². The Bertz CT molecular complexity index is 120. The first-order chi connectivity index (χ1) is 6.72. The molecule has 0 amide bonds. The smallest absolute Gasteiger partial charge is 1.00 e. The van der Waals surface area contributed by atoms with E-state index in [9.17, 15) is 4.79 Å². The fourth-order valence-electron chi connectivity index (χ4n) is 0.926. The molecule has 0 heterocycles. The number of hydrogen-bond acceptors (Lipinski definition) is 1. The molecule has 0 aliphatic rings. The third kappa shape index (κ3) is 38.2. The van der Waals surface area contributed by atoms with E-state index in [0.717, 1.165) is 12.8 Å². The molecule has 0 atom stereocenters. The minimum Gasteiger partial charge on any atom is -1.00 e. The summed E-state index contributed by atoms with van der Waals surface area (Å²) in [5.74, 6) is 0.413. The van der Waals surface area contributed by atoms with Gasteiger partial charge < -0.3 is 24.8 Å². The zero-order valence-electron chi connectivity index (χ0n) is 11.8. The second-order valence-corrected chi connectivity index (χ2v) is 3.70. The molecule has 1 nitrogen and oxygen atoms in total. The van der Waals surface area contributed by atoms with Crippen LogP contribution in [0.2, 0.25) is 0 Å². The molecule has 2 radical (unpaired) electrons. The molecular weight excluding hydrogens is 362 g/mol. The Morgan fingerprint density at radius 2 is 1.24 bits per heavy atom. The maximum atomic E-state index is 10.8. The van der Waals surface area contributed by atoms with Crippen LogP contribution in [0.1, 0.15) is 79.1 Å². The van der Waals surface area contributed by atoms with Crippen LogP contribution in [0.4, 0.5) is 0 Å². The van der Waals surface area contributed by atoms with Crippen LogP contribution in [0.5, 0.6) is 0 Å². The summed E-state index contributed by atoms with van der Waals surface area (Å²) in [6.45, 7) is 8.48. The number of hydrogen-bond donors (Lipinski definition) is 0. The molecule has 0 aromatic carbocycles. The molecule has 0 saturated carbocycles. The standard InChI is InChI=1S/C9H18O.C4H10.2ClH.Sn/c1-3-5-6-7-8-9(10)4-2;1-3-4-2;;;/h3-8H2,1-2H3;3-4H2,1-2H3;2*1H;/q;;;;+2/p-2. The molecule has 0 N–H and O–H groups in total. The average molecular weight is 390 g/mol. The van der Waals surface area contributed by atoms with Gasteiger partial charge in [-0.05, 0) is 6.42 Å². The fraction of sp³-hybridized carbons (Fsp3) is 0.923. The third-order valence-corrected chi connectivity index (χ3v) is 2.20. The number of Topliss-reactive ketones (excluding diaryl/α,β-unsaturated/α-hetero) is 1. The number of ketones is 1. The molecule has 0 aromatic heterocycles. The first-order valence-electron chi connectivity index (χ1n) is 6.24. The number of carbonyl (C=O) groups is 1. The molecule has 4 heteroatoms. The Labute approximate surface area is 138 Å². The van der Waals surface area contributed by atoms with E-state index in [0.29, 0.717) is 12.2 Å². The molecule has 0 aromatic rings. The summed E-state index contributed by atoms with van der Waals surface area (Å²) >= 11 is 0. The van der Waals surface area contributed by atoms with Crippen molar-refractivity contribution in [3.63, 3.8) is 0 Å². The second kappa shape index (κ2) is 30.2. The van der Waals surface area contributed by atoms with Gasteiger partial charge in [0.1, 0.15) is 5.78 Å². The van der Waals surface area contributed by atoms with Crippen molar-refractivity contribution in [2.75, 3.05) is 0 Å². The van der Waals surface area contributed by atoms with Gasteiger partial charge in [-0.1, -0.05) is 59.8 Å². The molecule has 0 rings (SSSR count). The molecule has 104 valence electrons. The minimum atomic E-state index is 0. The minimum absolute atomic E-state index is 0. The number of unbranched alkanes of at least 4 members (excludes halogenated alkanes) is 4. The SMILES string of the molecule is CCCC.CCCCCCC(=O)CC.[Cl-].[Cl-].[Sn+2]. The Hall–Kier alpha value is 1.05. The Morgan fingerprint density at radius 1 is 0.765 bits per heavy atom. The first kappa shape index (κ1) is 30.8. The van der Waals surface area contributed by atoms with Crippen molar-refractivity contribution in [2.24, 2.45) is 0 Å². The maximum absolute atomic E-state index is 10.8. The van der Waals surface area contributed by atoms with Crippen molar-refractivity contribution in [1.29, 1.82) is 0 Å². The molecule has 0 fully saturated rings. The monoisotopic (exact) mass is 390 g/mol. The summed E-state index contributed by atoms with van der Waals surface area (Å²) in [5, 5.41) is 0. The average Bonchev–Trinajstić information content (AvgIpc) is 2.24. The summed E-state index contributed by atoms with van der Waals surface area (Å²) in [7, 11) is 0. The van der Waals surface area contributed by atoms with E-state index >= 15 is 0 Å². The Balaban J connectivity index is -0.0000000607. The van der Waals surface area contributed by atoms with Gasteiger partial charge in [-0.25, -0.2) is 0 Å². The number of rotatable bonds is 7. The summed E-state index contributed by atoms with van der Waals surface area (Å²) < 4.78 is 0. The molecule has 0 aliphatic heterocycles. The molecule has 0 saturated heterocycles. The molecule has 0 unspecified atom stereocenters. The number of halogens is 2. The van der Waals surface area contributed by atoms with Crippen molar-refractivity contribution in [1.82, 2.24) is 0 Å². The zero-order chi connectivity index (χ0) is 11.2. The van der Waals surface area contributed by atoms with E-state index in [4.69, 9.17) is 0 Å². The quantitative estimate of drug-likeness (QED) is 0.377. The van der Waals surface area contributed by atoms with Gasteiger partial charge in [0.15, 0.2) is 0 Å². The van der Waals surface area contributed by atoms with Crippen LogP contribution >= 0.6 is 0 Å². The Kier molecular flexibility index (Phi) is 54.8. The largest absolute Gasteiger partial charge is 2.00 e. The summed E-state index contributed by atoms with van der Waals surface area (Å²) in [4.78, 5) is 10.8. The van der Waals surface area contributed by atoms with Crippen molar-refractivity contribution in [3.05, 3.63) is 0 Å². The first-order valence-corrected chi connectivity index (χ1v) is 6.24. The third-order valence-electron chi connectivity index (χ3n) is 2.20. The van der Waals surface area contributed by atoms with Gasteiger partial charge in [-0.2, -0.15) is 0 Å². The van der Waals surface area contributed by atoms with Gasteiger partial charge in [0, 0.05) is 12.8 Å². The van der Waals surface area contributed by atoms with Crippen molar-refractivity contribution in [2.45, 2.75) is 79.1 Å². The summed E-state index contributed by atoms with van der Waals surface area (Å²) in [6, 6.07) is 0. The van der Waals surface area contributed by atoms with Crippen molar-refractivity contribution >= 4 is 29.7 Å². The van der Waals surface area contributed by atoms with Crippen molar-refractivity contribution in [3.8, 4) is 0 Å². The van der Waals surface area contributed by atoms with E-state index in [1.54, 1.807) is 0 Å². The van der Waals surface area contributed by atoms with E-state index in [2.05, 4.69) is 20.8 Å². The Morgan fingerprint density at radius 3 is 1.53 bits per heavy atom. The summed E-state index contributed by atoms with van der Waals surface area (Å²) in [6.07, 6.45) is 9.00. The second-order valence-electron chi connectivity index (χ2n) is 3.70. The van der Waals surface area contributed by atoms with E-state index in [1.807, 2.05) is 6.92 Å². The predicted molar refractivity (Wildman–Crippen MR) is 70.4 cm³/mol. The van der Waals surface area contributed by atoms with Gasteiger partial charge in [0.2, 0.25) is 0 Å². The van der Waals surface area contributed by atoms with Crippen LogP contribution in [-0.4, -0.2) is 29.7 Å². The van der Waals surface area contributed by atoms with Crippen LogP contribution in [-0.2, 0) is 4.79 Å². The molecule has 0 spiro atoms. The van der Waals surface area contributed by atoms with E-state index < -0.39 is 0 Å². The van der Waals surface area contributed by atoms with Crippen LogP contribution in [0.25, 0.3) is 0 Å². The van der Waals surface area contributed by atoms with E-state index in [-0.39, 0.29) is 48.7 Å². The maximum Gasteiger partial charge on any atom is 2.00 e. The van der Waals surface area contributed by atoms with Gasteiger partial charge in [0.05, 0.1) is 0 Å². The van der Waals surface area contributed by atoms with Crippen LogP contribution < -0.4 is 24.8 Å². The molecular formula is C13H28Cl2OSn. The van der Waals surface area contributed by atoms with Gasteiger partial charge in [-0.3, -0.25) is 4.79 Å². The fourth-order valence-corrected chi connectivity index (χ4v) is 0.926. The van der Waals surface area contributed by atoms with Gasteiger partial charge >= 0.3 is 23.9 Å². The number of carbonyl (C=O) groups excluding carboxylic acids is 1. The summed E-state index contributed by atoms with van der Waals surface area (Å²) in [5.41, 5.74) is 0. The van der Waals surface area contributed by atoms with Gasteiger partial charge in [-0.15, -0.1) is 0 Å². The van der Waals surface area contributed by atoms with Crippen LogP contribution in [0, 0.1) is 0 Å². The zero-order valence-corrected chi connectivity index (χ0v) is 16.2.